The van der Waals surface area contributed by atoms with Gasteiger partial charge in [0.1, 0.15) is 11.9 Å². The van der Waals surface area contributed by atoms with Gasteiger partial charge in [-0.15, -0.1) is 0 Å². The zero-order valence-electron chi connectivity index (χ0n) is 10.4. The Balaban J connectivity index is 1.73. The van der Waals surface area contributed by atoms with Crippen molar-refractivity contribution in [1.29, 1.82) is 0 Å². The van der Waals surface area contributed by atoms with Crippen LogP contribution in [0.25, 0.3) is 0 Å². The number of halogens is 1. The fourth-order valence-corrected chi connectivity index (χ4v) is 1.85. The van der Waals surface area contributed by atoms with Crippen LogP contribution in [0.1, 0.15) is 13.3 Å². The minimum atomic E-state index is -0.00666. The molecule has 1 aromatic carbocycles. The number of nitrogens with one attached hydrogen (secondary N) is 1. The lowest BCUT2D eigenvalue weighted by Gasteiger charge is -2.38. The predicted octanol–water partition coefficient (Wildman–Crippen LogP) is 2.52. The van der Waals surface area contributed by atoms with Crippen LogP contribution in [-0.4, -0.2) is 36.7 Å². The number of amides is 2. The maximum Gasteiger partial charge on any atom is 0.317 e. The van der Waals surface area contributed by atoms with Crippen LogP contribution in [0.15, 0.2) is 24.3 Å². The number of hydrogen-bond donors (Lipinski definition) is 1. The fourth-order valence-electron chi connectivity index (χ4n) is 1.73. The monoisotopic (exact) mass is 268 g/mol. The van der Waals surface area contributed by atoms with Crippen molar-refractivity contribution in [3.05, 3.63) is 29.3 Å². The van der Waals surface area contributed by atoms with Crippen molar-refractivity contribution in [1.82, 2.24) is 10.2 Å². The Bertz CT molecular complexity index is 402. The summed E-state index contributed by atoms with van der Waals surface area (Å²) < 4.78 is 5.71. The Hall–Kier alpha value is -1.42. The number of hydrogen-bond acceptors (Lipinski definition) is 2. The standard InChI is InChI=1S/C13H17ClN2O2/c1-2-7-15-13(17)16-8-12(9-16)18-11-5-3-10(14)4-6-11/h3-6,12H,2,7-9H2,1H3,(H,15,17). The van der Waals surface area contributed by atoms with E-state index in [0.29, 0.717) is 18.1 Å². The van der Waals surface area contributed by atoms with Crippen LogP contribution >= 0.6 is 11.6 Å². The van der Waals surface area contributed by atoms with E-state index in [-0.39, 0.29) is 12.1 Å². The van der Waals surface area contributed by atoms with Gasteiger partial charge in [0.05, 0.1) is 13.1 Å². The molecule has 98 valence electrons. The van der Waals surface area contributed by atoms with Crippen LogP contribution in [-0.2, 0) is 0 Å². The van der Waals surface area contributed by atoms with Crippen molar-refractivity contribution >= 4 is 17.6 Å². The van der Waals surface area contributed by atoms with Crippen molar-refractivity contribution in [2.45, 2.75) is 19.4 Å². The molecular formula is C13H17ClN2O2. The van der Waals surface area contributed by atoms with Crippen molar-refractivity contribution in [2.75, 3.05) is 19.6 Å². The third-order valence-electron chi connectivity index (χ3n) is 2.78. The zero-order chi connectivity index (χ0) is 13.0. The predicted molar refractivity (Wildman–Crippen MR) is 71.1 cm³/mol. The van der Waals surface area contributed by atoms with E-state index in [4.69, 9.17) is 16.3 Å². The molecule has 1 aromatic rings. The van der Waals surface area contributed by atoms with E-state index in [1.807, 2.05) is 19.1 Å². The average Bonchev–Trinajstić information content (AvgIpc) is 2.32. The highest BCUT2D eigenvalue weighted by Crippen LogP contribution is 2.20. The van der Waals surface area contributed by atoms with Gasteiger partial charge in [-0.25, -0.2) is 4.79 Å². The normalized spacial score (nSPS) is 15.1. The number of likely N-dealkylation sites (tertiary alicyclic amines) is 1. The van der Waals surface area contributed by atoms with E-state index in [1.165, 1.54) is 0 Å². The summed E-state index contributed by atoms with van der Waals surface area (Å²) in [6.45, 7) is 4.03. The molecule has 1 aliphatic heterocycles. The van der Waals surface area contributed by atoms with Gasteiger partial charge in [-0.2, -0.15) is 0 Å². The maximum atomic E-state index is 11.6. The van der Waals surface area contributed by atoms with Gasteiger partial charge in [0.15, 0.2) is 0 Å². The zero-order valence-corrected chi connectivity index (χ0v) is 11.1. The lowest BCUT2D eigenvalue weighted by atomic mass is 10.2. The Morgan fingerprint density at radius 1 is 1.44 bits per heavy atom. The van der Waals surface area contributed by atoms with E-state index in [0.717, 1.165) is 18.7 Å². The summed E-state index contributed by atoms with van der Waals surface area (Å²) in [5.74, 6) is 0.790. The first-order valence-corrected chi connectivity index (χ1v) is 6.52. The van der Waals surface area contributed by atoms with E-state index >= 15 is 0 Å². The number of carbonyl (C=O) groups excluding carboxylic acids is 1. The van der Waals surface area contributed by atoms with Crippen molar-refractivity contribution < 1.29 is 9.53 Å². The van der Waals surface area contributed by atoms with Crippen LogP contribution in [0.2, 0.25) is 5.02 Å². The first-order chi connectivity index (χ1) is 8.69. The number of rotatable bonds is 4. The molecule has 2 amide bonds. The van der Waals surface area contributed by atoms with Gasteiger partial charge in [-0.1, -0.05) is 18.5 Å². The highest BCUT2D eigenvalue weighted by molar-refractivity contribution is 6.30. The van der Waals surface area contributed by atoms with Crippen molar-refractivity contribution in [3.63, 3.8) is 0 Å². The van der Waals surface area contributed by atoms with E-state index < -0.39 is 0 Å². The summed E-state index contributed by atoms with van der Waals surface area (Å²) in [5, 5.41) is 3.53. The highest BCUT2D eigenvalue weighted by atomic mass is 35.5. The number of carbonyl (C=O) groups is 1. The molecule has 4 nitrogen and oxygen atoms in total. The first-order valence-electron chi connectivity index (χ1n) is 6.14. The van der Waals surface area contributed by atoms with Gasteiger partial charge < -0.3 is 15.0 Å². The summed E-state index contributed by atoms with van der Waals surface area (Å²) in [6, 6.07) is 7.25. The molecule has 2 rings (SSSR count). The van der Waals surface area contributed by atoms with Crippen LogP contribution in [0, 0.1) is 0 Å². The number of urea groups is 1. The molecule has 0 saturated carbocycles. The molecule has 1 heterocycles. The van der Waals surface area contributed by atoms with Crippen LogP contribution in [0.4, 0.5) is 4.79 Å². The molecule has 1 fully saturated rings. The van der Waals surface area contributed by atoms with Gasteiger partial charge in [-0.3, -0.25) is 0 Å². The summed E-state index contributed by atoms with van der Waals surface area (Å²) in [4.78, 5) is 13.3. The van der Waals surface area contributed by atoms with Gasteiger partial charge in [0.25, 0.3) is 0 Å². The SMILES string of the molecule is CCCNC(=O)N1CC(Oc2ccc(Cl)cc2)C1. The Morgan fingerprint density at radius 3 is 2.72 bits per heavy atom. The molecule has 1 N–H and O–H groups in total. The molecular weight excluding hydrogens is 252 g/mol. The van der Waals surface area contributed by atoms with Crippen LogP contribution in [0.3, 0.4) is 0 Å². The van der Waals surface area contributed by atoms with E-state index in [1.54, 1.807) is 17.0 Å². The molecule has 0 aromatic heterocycles. The average molecular weight is 269 g/mol. The number of nitrogens with zero attached hydrogens (tertiary/aromatic N) is 1. The molecule has 0 aliphatic carbocycles. The summed E-state index contributed by atoms with van der Waals surface area (Å²) in [7, 11) is 0. The third kappa shape index (κ3) is 3.29. The van der Waals surface area contributed by atoms with Gasteiger partial charge in [0.2, 0.25) is 0 Å². The van der Waals surface area contributed by atoms with Crippen molar-refractivity contribution in [3.8, 4) is 5.75 Å². The minimum Gasteiger partial charge on any atom is -0.487 e. The molecule has 1 saturated heterocycles. The number of ether oxygens (including phenoxy) is 1. The second-order valence-corrected chi connectivity index (χ2v) is 4.77. The third-order valence-corrected chi connectivity index (χ3v) is 3.03. The topological polar surface area (TPSA) is 41.6 Å². The summed E-state index contributed by atoms with van der Waals surface area (Å²) in [5.41, 5.74) is 0. The van der Waals surface area contributed by atoms with Gasteiger partial charge in [-0.05, 0) is 30.7 Å². The molecule has 0 spiro atoms. The molecule has 18 heavy (non-hydrogen) atoms. The molecule has 1 aliphatic rings. The fraction of sp³-hybridized carbons (Fsp3) is 0.462. The summed E-state index contributed by atoms with van der Waals surface area (Å²) in [6.07, 6.45) is 1.03. The Morgan fingerprint density at radius 2 is 2.11 bits per heavy atom. The second-order valence-electron chi connectivity index (χ2n) is 4.33. The Labute approximate surface area is 112 Å². The molecule has 0 atom stereocenters. The summed E-state index contributed by atoms with van der Waals surface area (Å²) >= 11 is 5.79. The Kier molecular flexibility index (Phi) is 4.31. The lowest BCUT2D eigenvalue weighted by molar-refractivity contribution is 0.0445. The first kappa shape index (κ1) is 13.0. The lowest BCUT2D eigenvalue weighted by Crippen LogP contribution is -2.58. The second kappa shape index (κ2) is 5.96. The van der Waals surface area contributed by atoms with Gasteiger partial charge in [0, 0.05) is 11.6 Å². The molecule has 5 heteroatoms. The molecule has 0 unspecified atom stereocenters. The van der Waals surface area contributed by atoms with E-state index in [2.05, 4.69) is 5.32 Å². The largest absolute Gasteiger partial charge is 0.487 e. The number of benzene rings is 1. The quantitative estimate of drug-likeness (QED) is 0.912. The van der Waals surface area contributed by atoms with Gasteiger partial charge >= 0.3 is 6.03 Å². The molecule has 0 radical (unpaired) electrons. The van der Waals surface area contributed by atoms with Crippen LogP contribution in [0.5, 0.6) is 5.75 Å². The highest BCUT2D eigenvalue weighted by Gasteiger charge is 2.31. The van der Waals surface area contributed by atoms with Crippen LogP contribution < -0.4 is 10.1 Å². The van der Waals surface area contributed by atoms with E-state index in [9.17, 15) is 4.79 Å². The maximum absolute atomic E-state index is 11.6. The molecule has 0 bridgehead atoms. The smallest absolute Gasteiger partial charge is 0.317 e. The minimum absolute atomic E-state index is 0.00666. The van der Waals surface area contributed by atoms with Crippen molar-refractivity contribution in [2.24, 2.45) is 0 Å².